The first kappa shape index (κ1) is 15.1. The van der Waals surface area contributed by atoms with E-state index in [9.17, 15) is 10.1 Å². The van der Waals surface area contributed by atoms with Crippen LogP contribution in [0.2, 0.25) is 0 Å². The lowest BCUT2D eigenvalue weighted by Gasteiger charge is -2.08. The van der Waals surface area contributed by atoms with Crippen LogP contribution in [-0.2, 0) is 6.54 Å². The van der Waals surface area contributed by atoms with Gasteiger partial charge >= 0.3 is 0 Å². The Morgan fingerprint density at radius 2 is 2.37 bits per heavy atom. The van der Waals surface area contributed by atoms with Gasteiger partial charge in [0.2, 0.25) is 0 Å². The van der Waals surface area contributed by atoms with Crippen molar-refractivity contribution in [2.24, 2.45) is 10.7 Å². The van der Waals surface area contributed by atoms with Gasteiger partial charge in [0.25, 0.3) is 6.04 Å². The number of amidine groups is 1. The number of hydrogen-bond acceptors (Lipinski definition) is 4. The van der Waals surface area contributed by atoms with Crippen LogP contribution in [0.5, 0.6) is 0 Å². The maximum absolute atomic E-state index is 10.9. The molecular formula is C12H21N5O2. The third-order valence-electron chi connectivity index (χ3n) is 2.85. The second kappa shape index (κ2) is 8.23. The second-order valence-corrected chi connectivity index (χ2v) is 4.40. The summed E-state index contributed by atoms with van der Waals surface area (Å²) in [5, 5.41) is 10.9. The summed E-state index contributed by atoms with van der Waals surface area (Å²) >= 11 is 0. The van der Waals surface area contributed by atoms with Crippen LogP contribution < -0.4 is 5.73 Å². The number of nitro groups is 1. The molecule has 0 radical (unpaired) electrons. The number of aryl methyl sites for hydroxylation is 1. The van der Waals surface area contributed by atoms with Crippen LogP contribution >= 0.6 is 0 Å². The Morgan fingerprint density at radius 1 is 1.58 bits per heavy atom. The summed E-state index contributed by atoms with van der Waals surface area (Å²) in [7, 11) is 0. The predicted molar refractivity (Wildman–Crippen MR) is 73.6 cm³/mol. The van der Waals surface area contributed by atoms with Crippen LogP contribution in [0.15, 0.2) is 23.7 Å². The van der Waals surface area contributed by atoms with E-state index in [2.05, 4.69) is 9.98 Å². The molecule has 0 aliphatic heterocycles. The van der Waals surface area contributed by atoms with Gasteiger partial charge in [0, 0.05) is 36.8 Å². The highest BCUT2D eigenvalue weighted by atomic mass is 16.6. The Balaban J connectivity index is 2.38. The fourth-order valence-corrected chi connectivity index (χ4v) is 1.74. The van der Waals surface area contributed by atoms with Crippen LogP contribution in [0.1, 0.15) is 32.6 Å². The van der Waals surface area contributed by atoms with Gasteiger partial charge in [-0.1, -0.05) is 13.3 Å². The molecular weight excluding hydrogens is 246 g/mol. The molecule has 2 N–H and O–H groups in total. The second-order valence-electron chi connectivity index (χ2n) is 4.40. The molecule has 1 unspecified atom stereocenters. The number of hydrogen-bond donors (Lipinski definition) is 1. The fraction of sp³-hybridized carbons (Fsp3) is 0.667. The van der Waals surface area contributed by atoms with Gasteiger partial charge in [0.15, 0.2) is 5.84 Å². The monoisotopic (exact) mass is 267 g/mol. The zero-order valence-electron chi connectivity index (χ0n) is 11.2. The van der Waals surface area contributed by atoms with Gasteiger partial charge in [-0.2, -0.15) is 0 Å². The highest BCUT2D eigenvalue weighted by molar-refractivity contribution is 5.84. The number of unbranched alkanes of at least 4 members (excludes halogenated alkanes) is 1. The largest absolute Gasteiger partial charge is 0.382 e. The van der Waals surface area contributed by atoms with Crippen molar-refractivity contribution in [2.75, 3.05) is 6.54 Å². The Bertz CT molecular complexity index is 402. The topological polar surface area (TPSA) is 99.3 Å². The number of rotatable bonds is 9. The molecule has 106 valence electrons. The first-order valence-electron chi connectivity index (χ1n) is 6.54. The Labute approximate surface area is 112 Å². The summed E-state index contributed by atoms with van der Waals surface area (Å²) in [5.41, 5.74) is 5.71. The molecule has 0 saturated heterocycles. The van der Waals surface area contributed by atoms with Crippen LogP contribution in [-0.4, -0.2) is 32.9 Å². The average Bonchev–Trinajstić information content (AvgIpc) is 2.87. The van der Waals surface area contributed by atoms with Crippen molar-refractivity contribution in [1.82, 2.24) is 9.55 Å². The summed E-state index contributed by atoms with van der Waals surface area (Å²) in [6.45, 7) is 3.28. The summed E-state index contributed by atoms with van der Waals surface area (Å²) in [4.78, 5) is 18.6. The van der Waals surface area contributed by atoms with Gasteiger partial charge in [-0.05, 0) is 12.8 Å². The summed E-state index contributed by atoms with van der Waals surface area (Å²) < 4.78 is 1.94. The van der Waals surface area contributed by atoms with E-state index in [0.29, 0.717) is 13.0 Å². The van der Waals surface area contributed by atoms with Gasteiger partial charge in [-0.25, -0.2) is 4.98 Å². The Morgan fingerprint density at radius 3 is 2.95 bits per heavy atom. The third-order valence-corrected chi connectivity index (χ3v) is 2.85. The highest BCUT2D eigenvalue weighted by Gasteiger charge is 2.23. The molecule has 1 rings (SSSR count). The molecule has 1 heterocycles. The van der Waals surface area contributed by atoms with Crippen molar-refractivity contribution in [1.29, 1.82) is 0 Å². The average molecular weight is 267 g/mol. The van der Waals surface area contributed by atoms with Crippen LogP contribution in [0.3, 0.4) is 0 Å². The maximum atomic E-state index is 10.9. The molecule has 7 nitrogen and oxygen atoms in total. The van der Waals surface area contributed by atoms with Crippen molar-refractivity contribution in [3.63, 3.8) is 0 Å². The van der Waals surface area contributed by atoms with E-state index < -0.39 is 6.04 Å². The van der Waals surface area contributed by atoms with Crippen molar-refractivity contribution < 1.29 is 4.92 Å². The number of imidazole rings is 1. The molecule has 0 aromatic carbocycles. The molecule has 0 fully saturated rings. The summed E-state index contributed by atoms with van der Waals surface area (Å²) in [5.74, 6) is 0.143. The van der Waals surface area contributed by atoms with E-state index in [1.807, 2.05) is 17.7 Å². The number of nitrogens with zero attached hydrogens (tertiary/aromatic N) is 4. The third kappa shape index (κ3) is 5.50. The van der Waals surface area contributed by atoms with E-state index in [1.54, 1.807) is 12.5 Å². The Kier molecular flexibility index (Phi) is 6.56. The summed E-state index contributed by atoms with van der Waals surface area (Å²) in [6, 6.07) is -0.840. The lowest BCUT2D eigenvalue weighted by Crippen LogP contribution is -2.36. The van der Waals surface area contributed by atoms with E-state index >= 15 is 0 Å². The molecule has 1 aromatic rings. The zero-order valence-corrected chi connectivity index (χ0v) is 11.2. The number of aliphatic imine (C=N–C) groups is 1. The molecule has 19 heavy (non-hydrogen) atoms. The molecule has 0 saturated carbocycles. The van der Waals surface area contributed by atoms with Gasteiger partial charge in [-0.15, -0.1) is 0 Å². The lowest BCUT2D eigenvalue weighted by molar-refractivity contribution is -0.504. The molecule has 0 bridgehead atoms. The molecule has 1 atom stereocenters. The molecule has 0 amide bonds. The van der Waals surface area contributed by atoms with E-state index in [1.165, 1.54) is 0 Å². The number of aromatic nitrogens is 2. The standard InChI is InChI=1S/C12H21N5O2/c1-2-3-5-11(17(18)19)12(13)15-6-4-8-16-9-7-14-10-16/h7,9-11H,2-6,8H2,1H3,(H2,13,15). The predicted octanol–water partition coefficient (Wildman–Crippen LogP) is 1.47. The van der Waals surface area contributed by atoms with Crippen molar-refractivity contribution >= 4 is 5.84 Å². The van der Waals surface area contributed by atoms with Gasteiger partial charge < -0.3 is 10.3 Å². The maximum Gasteiger partial charge on any atom is 0.268 e. The van der Waals surface area contributed by atoms with Crippen molar-refractivity contribution in [3.05, 3.63) is 28.8 Å². The van der Waals surface area contributed by atoms with Crippen molar-refractivity contribution in [3.8, 4) is 0 Å². The number of nitrogens with two attached hydrogens (primary N) is 1. The van der Waals surface area contributed by atoms with Crippen LogP contribution in [0.4, 0.5) is 0 Å². The smallest absolute Gasteiger partial charge is 0.268 e. The highest BCUT2D eigenvalue weighted by Crippen LogP contribution is 2.04. The first-order valence-corrected chi connectivity index (χ1v) is 6.54. The quantitative estimate of drug-likeness (QED) is 0.241. The molecule has 1 aromatic heterocycles. The molecule has 0 aliphatic rings. The van der Waals surface area contributed by atoms with Gasteiger partial charge in [-0.3, -0.25) is 15.1 Å². The zero-order chi connectivity index (χ0) is 14.1. The summed E-state index contributed by atoms with van der Waals surface area (Å²) in [6.07, 6.45) is 8.26. The van der Waals surface area contributed by atoms with E-state index in [0.717, 1.165) is 25.8 Å². The normalized spacial score (nSPS) is 13.4. The van der Waals surface area contributed by atoms with Gasteiger partial charge in [0.05, 0.1) is 6.33 Å². The lowest BCUT2D eigenvalue weighted by atomic mass is 10.1. The first-order chi connectivity index (χ1) is 9.15. The molecule has 7 heteroatoms. The Hall–Kier alpha value is -1.92. The SMILES string of the molecule is CCCCC(C(N)=NCCCn1ccnc1)[N+](=O)[O-]. The molecule has 0 spiro atoms. The van der Waals surface area contributed by atoms with Crippen molar-refractivity contribution in [2.45, 2.75) is 45.2 Å². The molecule has 0 aliphatic carbocycles. The fourth-order valence-electron chi connectivity index (χ4n) is 1.74. The van der Waals surface area contributed by atoms with Gasteiger partial charge in [0.1, 0.15) is 0 Å². The minimum absolute atomic E-state index is 0.143. The van der Waals surface area contributed by atoms with E-state index in [-0.39, 0.29) is 10.8 Å². The van der Waals surface area contributed by atoms with Crippen LogP contribution in [0.25, 0.3) is 0 Å². The van der Waals surface area contributed by atoms with E-state index in [4.69, 9.17) is 5.73 Å². The minimum Gasteiger partial charge on any atom is -0.382 e. The van der Waals surface area contributed by atoms with Crippen LogP contribution in [0, 0.1) is 10.1 Å². The minimum atomic E-state index is -0.840.